The van der Waals surface area contributed by atoms with E-state index >= 15 is 0 Å². The Morgan fingerprint density at radius 3 is 2.59 bits per heavy atom. The number of hydrogen-bond acceptors (Lipinski definition) is 2. The smallest absolute Gasteiger partial charge is 0.123 e. The van der Waals surface area contributed by atoms with E-state index in [2.05, 4.69) is 44.3 Å². The molecule has 1 fully saturated rings. The molecule has 1 aliphatic carbocycles. The van der Waals surface area contributed by atoms with E-state index in [0.717, 1.165) is 11.7 Å². The third kappa shape index (κ3) is 3.01. The number of ether oxygens (including phenoxy) is 1. The quantitative estimate of drug-likeness (QED) is 0.841. The van der Waals surface area contributed by atoms with E-state index in [9.17, 15) is 0 Å². The molecular weight excluding hydrogens is 210 g/mol. The zero-order valence-corrected chi connectivity index (χ0v) is 11.3. The fourth-order valence-corrected chi connectivity index (χ4v) is 2.39. The highest BCUT2D eigenvalue weighted by Gasteiger charge is 2.29. The van der Waals surface area contributed by atoms with Crippen molar-refractivity contribution in [2.45, 2.75) is 45.7 Å². The third-order valence-corrected chi connectivity index (χ3v) is 3.70. The molecule has 0 aromatic heterocycles. The van der Waals surface area contributed by atoms with Gasteiger partial charge in [-0.15, -0.1) is 0 Å². The molecule has 1 aliphatic rings. The minimum atomic E-state index is 0.348. The number of rotatable bonds is 5. The zero-order valence-electron chi connectivity index (χ0n) is 11.3. The van der Waals surface area contributed by atoms with Gasteiger partial charge in [-0.2, -0.15) is 0 Å². The molecule has 0 amide bonds. The summed E-state index contributed by atoms with van der Waals surface area (Å²) in [7, 11) is 1.75. The molecular formula is C15H23NO. The second-order valence-corrected chi connectivity index (χ2v) is 5.26. The van der Waals surface area contributed by atoms with Crippen LogP contribution in [0.25, 0.3) is 0 Å². The van der Waals surface area contributed by atoms with Crippen molar-refractivity contribution in [1.29, 1.82) is 0 Å². The second-order valence-electron chi connectivity index (χ2n) is 5.26. The molecule has 94 valence electrons. The van der Waals surface area contributed by atoms with Crippen LogP contribution in [-0.2, 0) is 0 Å². The first-order valence-electron chi connectivity index (χ1n) is 6.52. The van der Waals surface area contributed by atoms with Crippen molar-refractivity contribution in [3.05, 3.63) is 29.3 Å². The van der Waals surface area contributed by atoms with Crippen LogP contribution in [0.3, 0.4) is 0 Å². The van der Waals surface area contributed by atoms with Gasteiger partial charge in [-0.1, -0.05) is 12.1 Å². The first kappa shape index (κ1) is 12.4. The van der Waals surface area contributed by atoms with E-state index in [1.165, 1.54) is 24.0 Å². The fraction of sp³-hybridized carbons (Fsp3) is 0.600. The van der Waals surface area contributed by atoms with Crippen molar-refractivity contribution >= 4 is 0 Å². The van der Waals surface area contributed by atoms with Crippen molar-refractivity contribution in [3.63, 3.8) is 0 Å². The Labute approximate surface area is 104 Å². The lowest BCUT2D eigenvalue weighted by atomic mass is 10.0. The lowest BCUT2D eigenvalue weighted by Gasteiger charge is -2.22. The lowest BCUT2D eigenvalue weighted by Crippen LogP contribution is -2.30. The van der Waals surface area contributed by atoms with Gasteiger partial charge in [0.15, 0.2) is 0 Å². The molecule has 0 saturated heterocycles. The van der Waals surface area contributed by atoms with Crippen LogP contribution in [0.5, 0.6) is 5.75 Å². The van der Waals surface area contributed by atoms with E-state index in [1.54, 1.807) is 7.11 Å². The van der Waals surface area contributed by atoms with Gasteiger partial charge in [0, 0.05) is 17.6 Å². The van der Waals surface area contributed by atoms with Crippen molar-refractivity contribution in [2.24, 2.45) is 5.92 Å². The van der Waals surface area contributed by atoms with E-state index < -0.39 is 0 Å². The standard InChI is InChI=1S/C15H23NO/c1-10-5-8-14(15(9-10)17-4)12(3)16-11(2)13-6-7-13/h5,8-9,11-13,16H,6-7H2,1-4H3. The van der Waals surface area contributed by atoms with Gasteiger partial charge in [0.1, 0.15) is 5.75 Å². The summed E-state index contributed by atoms with van der Waals surface area (Å²) in [6.07, 6.45) is 2.76. The summed E-state index contributed by atoms with van der Waals surface area (Å²) in [5, 5.41) is 3.67. The highest BCUT2D eigenvalue weighted by atomic mass is 16.5. The van der Waals surface area contributed by atoms with Gasteiger partial charge in [0.25, 0.3) is 0 Å². The Bertz CT molecular complexity index is 385. The maximum absolute atomic E-state index is 5.46. The molecule has 1 saturated carbocycles. The molecule has 0 heterocycles. The van der Waals surface area contributed by atoms with Crippen LogP contribution >= 0.6 is 0 Å². The normalized spacial score (nSPS) is 18.8. The van der Waals surface area contributed by atoms with Crippen molar-refractivity contribution in [2.75, 3.05) is 7.11 Å². The number of methoxy groups -OCH3 is 1. The SMILES string of the molecule is COc1cc(C)ccc1C(C)NC(C)C1CC1. The zero-order chi connectivity index (χ0) is 12.4. The summed E-state index contributed by atoms with van der Waals surface area (Å²) >= 11 is 0. The largest absolute Gasteiger partial charge is 0.496 e. The van der Waals surface area contributed by atoms with Gasteiger partial charge in [-0.3, -0.25) is 0 Å². The average Bonchev–Trinajstić information content (AvgIpc) is 3.12. The summed E-state index contributed by atoms with van der Waals surface area (Å²) in [6.45, 7) is 6.60. The summed E-state index contributed by atoms with van der Waals surface area (Å²) in [5.74, 6) is 1.88. The molecule has 1 aromatic rings. The average molecular weight is 233 g/mol. The van der Waals surface area contributed by atoms with Gasteiger partial charge in [-0.05, 0) is 51.2 Å². The molecule has 1 aromatic carbocycles. The lowest BCUT2D eigenvalue weighted by molar-refractivity contribution is 0.389. The van der Waals surface area contributed by atoms with Crippen LogP contribution < -0.4 is 10.1 Å². The number of benzene rings is 1. The van der Waals surface area contributed by atoms with Gasteiger partial charge in [0.05, 0.1) is 7.11 Å². The minimum absolute atomic E-state index is 0.348. The van der Waals surface area contributed by atoms with Gasteiger partial charge < -0.3 is 10.1 Å². The van der Waals surface area contributed by atoms with Gasteiger partial charge in [0.2, 0.25) is 0 Å². The van der Waals surface area contributed by atoms with E-state index in [1.807, 2.05) is 0 Å². The third-order valence-electron chi connectivity index (χ3n) is 3.70. The summed E-state index contributed by atoms with van der Waals surface area (Å²) in [4.78, 5) is 0. The number of nitrogens with one attached hydrogen (secondary N) is 1. The Kier molecular flexibility index (Phi) is 3.72. The molecule has 1 N–H and O–H groups in total. The van der Waals surface area contributed by atoms with E-state index in [0.29, 0.717) is 12.1 Å². The first-order valence-corrected chi connectivity index (χ1v) is 6.52. The maximum Gasteiger partial charge on any atom is 0.123 e. The molecule has 0 aliphatic heterocycles. The van der Waals surface area contributed by atoms with Crippen LogP contribution in [0.2, 0.25) is 0 Å². The van der Waals surface area contributed by atoms with Crippen molar-refractivity contribution in [1.82, 2.24) is 5.32 Å². The fourth-order valence-electron chi connectivity index (χ4n) is 2.39. The Hall–Kier alpha value is -1.02. The van der Waals surface area contributed by atoms with E-state index in [-0.39, 0.29) is 0 Å². The molecule has 0 radical (unpaired) electrons. The van der Waals surface area contributed by atoms with E-state index in [4.69, 9.17) is 4.74 Å². The van der Waals surface area contributed by atoms with Crippen LogP contribution in [-0.4, -0.2) is 13.2 Å². The maximum atomic E-state index is 5.46. The molecule has 0 bridgehead atoms. The highest BCUT2D eigenvalue weighted by molar-refractivity contribution is 5.39. The van der Waals surface area contributed by atoms with Crippen molar-refractivity contribution in [3.8, 4) is 5.75 Å². The monoisotopic (exact) mass is 233 g/mol. The summed E-state index contributed by atoms with van der Waals surface area (Å²) in [5.41, 5.74) is 2.50. The predicted octanol–water partition coefficient (Wildman–Crippen LogP) is 3.45. The molecule has 2 heteroatoms. The molecule has 2 unspecified atom stereocenters. The Balaban J connectivity index is 2.09. The van der Waals surface area contributed by atoms with Gasteiger partial charge in [-0.25, -0.2) is 0 Å². The van der Waals surface area contributed by atoms with Crippen molar-refractivity contribution < 1.29 is 4.74 Å². The first-order chi connectivity index (χ1) is 8.11. The van der Waals surface area contributed by atoms with Crippen LogP contribution in [0, 0.1) is 12.8 Å². The molecule has 2 atom stereocenters. The highest BCUT2D eigenvalue weighted by Crippen LogP contribution is 2.34. The molecule has 2 nitrogen and oxygen atoms in total. The number of hydrogen-bond donors (Lipinski definition) is 1. The molecule has 0 spiro atoms. The predicted molar refractivity (Wildman–Crippen MR) is 71.5 cm³/mol. The Morgan fingerprint density at radius 1 is 1.29 bits per heavy atom. The van der Waals surface area contributed by atoms with Crippen LogP contribution in [0.4, 0.5) is 0 Å². The second kappa shape index (κ2) is 5.09. The topological polar surface area (TPSA) is 21.3 Å². The minimum Gasteiger partial charge on any atom is -0.496 e. The number of aryl methyl sites for hydroxylation is 1. The van der Waals surface area contributed by atoms with Crippen LogP contribution in [0.15, 0.2) is 18.2 Å². The summed E-state index contributed by atoms with van der Waals surface area (Å²) < 4.78 is 5.46. The van der Waals surface area contributed by atoms with Crippen LogP contribution in [0.1, 0.15) is 43.9 Å². The molecule has 2 rings (SSSR count). The van der Waals surface area contributed by atoms with Gasteiger partial charge >= 0.3 is 0 Å². The molecule has 17 heavy (non-hydrogen) atoms. The summed E-state index contributed by atoms with van der Waals surface area (Å²) in [6, 6.07) is 7.38. The Morgan fingerprint density at radius 2 is 2.00 bits per heavy atom.